The first-order chi connectivity index (χ1) is 9.90. The third-order valence-corrected chi connectivity index (χ3v) is 3.19. The van der Waals surface area contributed by atoms with E-state index in [2.05, 4.69) is 5.32 Å². The molecule has 0 aliphatic carbocycles. The Bertz CT molecular complexity index is 593. The summed E-state index contributed by atoms with van der Waals surface area (Å²) in [4.78, 5) is 0. The van der Waals surface area contributed by atoms with E-state index in [1.807, 2.05) is 31.2 Å². The number of nitrogens with one attached hydrogen (secondary N) is 1. The number of alkyl halides is 3. The summed E-state index contributed by atoms with van der Waals surface area (Å²) >= 11 is 0. The molecule has 0 aliphatic rings. The first kappa shape index (κ1) is 15.2. The Morgan fingerprint density at radius 2 is 1.71 bits per heavy atom. The van der Waals surface area contributed by atoms with Gasteiger partial charge in [-0.25, -0.2) is 0 Å². The van der Waals surface area contributed by atoms with E-state index in [1.165, 1.54) is 12.1 Å². The predicted molar refractivity (Wildman–Crippen MR) is 76.5 cm³/mol. The fourth-order valence-corrected chi connectivity index (χ4v) is 2.01. The largest absolute Gasteiger partial charge is 0.497 e. The number of methoxy groups -OCH3 is 1. The Morgan fingerprint density at radius 3 is 2.29 bits per heavy atom. The van der Waals surface area contributed by atoms with E-state index < -0.39 is 11.7 Å². The van der Waals surface area contributed by atoms with Gasteiger partial charge < -0.3 is 10.1 Å². The van der Waals surface area contributed by atoms with Gasteiger partial charge in [-0.2, -0.15) is 13.2 Å². The van der Waals surface area contributed by atoms with E-state index >= 15 is 0 Å². The van der Waals surface area contributed by atoms with Crippen molar-refractivity contribution < 1.29 is 17.9 Å². The minimum absolute atomic E-state index is 0.112. The van der Waals surface area contributed by atoms with Crippen molar-refractivity contribution in [3.63, 3.8) is 0 Å². The molecule has 112 valence electrons. The van der Waals surface area contributed by atoms with Gasteiger partial charge >= 0.3 is 6.18 Å². The monoisotopic (exact) mass is 295 g/mol. The lowest BCUT2D eigenvalue weighted by atomic mass is 10.1. The molecular weight excluding hydrogens is 279 g/mol. The number of hydrogen-bond acceptors (Lipinski definition) is 2. The lowest BCUT2D eigenvalue weighted by Gasteiger charge is -2.17. The highest BCUT2D eigenvalue weighted by atomic mass is 19.4. The van der Waals surface area contributed by atoms with Crippen molar-refractivity contribution in [2.75, 3.05) is 12.4 Å². The Balaban J connectivity index is 2.11. The molecule has 0 radical (unpaired) electrons. The molecule has 2 aromatic rings. The normalized spacial score (nSPS) is 12.8. The SMILES string of the molecule is COc1cccc(NC(C)c2ccc(C(F)(F)F)cc2)c1. The first-order valence-electron chi connectivity index (χ1n) is 6.48. The van der Waals surface area contributed by atoms with Crippen LogP contribution in [0.25, 0.3) is 0 Å². The second-order valence-corrected chi connectivity index (χ2v) is 4.72. The highest BCUT2D eigenvalue weighted by Gasteiger charge is 2.30. The lowest BCUT2D eigenvalue weighted by Crippen LogP contribution is -2.08. The van der Waals surface area contributed by atoms with Gasteiger partial charge in [-0.1, -0.05) is 18.2 Å². The molecule has 2 rings (SSSR count). The summed E-state index contributed by atoms with van der Waals surface area (Å²) in [6, 6.07) is 12.4. The molecule has 2 nitrogen and oxygen atoms in total. The number of ether oxygens (including phenoxy) is 1. The van der Waals surface area contributed by atoms with Gasteiger partial charge in [0.05, 0.1) is 12.7 Å². The van der Waals surface area contributed by atoms with E-state index in [1.54, 1.807) is 7.11 Å². The molecule has 1 unspecified atom stereocenters. The molecule has 0 saturated heterocycles. The Kier molecular flexibility index (Phi) is 4.40. The second kappa shape index (κ2) is 6.08. The maximum absolute atomic E-state index is 12.5. The zero-order valence-electron chi connectivity index (χ0n) is 11.7. The number of halogens is 3. The van der Waals surface area contributed by atoms with Crippen LogP contribution < -0.4 is 10.1 Å². The van der Waals surface area contributed by atoms with Gasteiger partial charge in [0.15, 0.2) is 0 Å². The van der Waals surface area contributed by atoms with Crippen LogP contribution in [0.2, 0.25) is 0 Å². The molecule has 0 bridgehead atoms. The van der Waals surface area contributed by atoms with Crippen LogP contribution in [0.3, 0.4) is 0 Å². The van der Waals surface area contributed by atoms with Gasteiger partial charge in [0.25, 0.3) is 0 Å². The smallest absolute Gasteiger partial charge is 0.416 e. The summed E-state index contributed by atoms with van der Waals surface area (Å²) in [7, 11) is 1.58. The molecule has 5 heteroatoms. The average Bonchev–Trinajstić information content (AvgIpc) is 2.46. The van der Waals surface area contributed by atoms with Crippen LogP contribution in [0.1, 0.15) is 24.1 Å². The highest BCUT2D eigenvalue weighted by Crippen LogP contribution is 2.30. The van der Waals surface area contributed by atoms with E-state index in [9.17, 15) is 13.2 Å². The fourth-order valence-electron chi connectivity index (χ4n) is 2.01. The van der Waals surface area contributed by atoms with Gasteiger partial charge in [0.2, 0.25) is 0 Å². The van der Waals surface area contributed by atoms with Crippen LogP contribution >= 0.6 is 0 Å². The molecule has 0 heterocycles. The molecule has 21 heavy (non-hydrogen) atoms. The summed E-state index contributed by atoms with van der Waals surface area (Å²) < 4.78 is 42.7. The van der Waals surface area contributed by atoms with Crippen molar-refractivity contribution in [3.8, 4) is 5.75 Å². The van der Waals surface area contributed by atoms with Gasteiger partial charge in [0, 0.05) is 17.8 Å². The van der Waals surface area contributed by atoms with Gasteiger partial charge in [-0.05, 0) is 36.8 Å². The summed E-state index contributed by atoms with van der Waals surface area (Å²) in [6.07, 6.45) is -4.30. The van der Waals surface area contributed by atoms with Crippen molar-refractivity contribution in [3.05, 3.63) is 59.7 Å². The third kappa shape index (κ3) is 3.90. The van der Waals surface area contributed by atoms with Crippen LogP contribution in [0.4, 0.5) is 18.9 Å². The van der Waals surface area contributed by atoms with E-state index in [0.717, 1.165) is 29.1 Å². The first-order valence-corrected chi connectivity index (χ1v) is 6.48. The van der Waals surface area contributed by atoms with E-state index in [4.69, 9.17) is 4.74 Å². The maximum atomic E-state index is 12.5. The maximum Gasteiger partial charge on any atom is 0.416 e. The number of rotatable bonds is 4. The molecule has 0 aromatic heterocycles. The summed E-state index contributed by atoms with van der Waals surface area (Å²) in [5.41, 5.74) is 0.993. The highest BCUT2D eigenvalue weighted by molar-refractivity contribution is 5.49. The Labute approximate surface area is 121 Å². The van der Waals surface area contributed by atoms with Gasteiger partial charge in [-0.15, -0.1) is 0 Å². The molecule has 1 atom stereocenters. The summed E-state index contributed by atoms with van der Waals surface area (Å²) in [6.45, 7) is 1.89. The van der Waals surface area contributed by atoms with Crippen molar-refractivity contribution in [2.24, 2.45) is 0 Å². The van der Waals surface area contributed by atoms with Crippen LogP contribution in [0.15, 0.2) is 48.5 Å². The average molecular weight is 295 g/mol. The molecule has 0 fully saturated rings. The second-order valence-electron chi connectivity index (χ2n) is 4.72. The van der Waals surface area contributed by atoms with Crippen molar-refractivity contribution in [1.29, 1.82) is 0 Å². The number of anilines is 1. The molecule has 2 aromatic carbocycles. The van der Waals surface area contributed by atoms with Crippen molar-refractivity contribution in [2.45, 2.75) is 19.1 Å². The number of hydrogen-bond donors (Lipinski definition) is 1. The van der Waals surface area contributed by atoms with Crippen LogP contribution in [-0.4, -0.2) is 7.11 Å². The molecule has 0 saturated carbocycles. The molecule has 0 amide bonds. The third-order valence-electron chi connectivity index (χ3n) is 3.19. The fraction of sp³-hybridized carbons (Fsp3) is 0.250. The summed E-state index contributed by atoms with van der Waals surface area (Å²) in [5.74, 6) is 0.722. The lowest BCUT2D eigenvalue weighted by molar-refractivity contribution is -0.137. The predicted octanol–water partition coefficient (Wildman–Crippen LogP) is 4.89. The van der Waals surface area contributed by atoms with E-state index in [0.29, 0.717) is 0 Å². The molecular formula is C16H16F3NO. The van der Waals surface area contributed by atoms with Crippen LogP contribution in [-0.2, 0) is 6.18 Å². The minimum Gasteiger partial charge on any atom is -0.497 e. The van der Waals surface area contributed by atoms with Gasteiger partial charge in [-0.3, -0.25) is 0 Å². The molecule has 0 spiro atoms. The van der Waals surface area contributed by atoms with Gasteiger partial charge in [0.1, 0.15) is 5.75 Å². The minimum atomic E-state index is -4.30. The molecule has 1 N–H and O–H groups in total. The Morgan fingerprint density at radius 1 is 1.05 bits per heavy atom. The number of benzene rings is 2. The van der Waals surface area contributed by atoms with E-state index in [-0.39, 0.29) is 6.04 Å². The quantitative estimate of drug-likeness (QED) is 0.867. The van der Waals surface area contributed by atoms with Crippen molar-refractivity contribution in [1.82, 2.24) is 0 Å². The standard InChI is InChI=1S/C16H16F3NO/c1-11(20-14-4-3-5-15(10-14)21-2)12-6-8-13(9-7-12)16(17,18)19/h3-11,20H,1-2H3. The Hall–Kier alpha value is -2.17. The zero-order chi connectivity index (χ0) is 15.5. The molecule has 0 aliphatic heterocycles. The van der Waals surface area contributed by atoms with Crippen molar-refractivity contribution >= 4 is 5.69 Å². The van der Waals surface area contributed by atoms with Crippen LogP contribution in [0.5, 0.6) is 5.75 Å². The summed E-state index contributed by atoms with van der Waals surface area (Å²) in [5, 5.41) is 3.23. The zero-order valence-corrected chi connectivity index (χ0v) is 11.7. The topological polar surface area (TPSA) is 21.3 Å². The van der Waals surface area contributed by atoms with Crippen LogP contribution in [0, 0.1) is 0 Å².